The maximum absolute atomic E-state index is 10.8. The van der Waals surface area contributed by atoms with Crippen molar-refractivity contribution in [3.63, 3.8) is 0 Å². The SMILES string of the molecule is COc1ccc(OCCCNC(=O)CN)cc1.Cl. The molecule has 0 unspecified atom stereocenters. The Morgan fingerprint density at radius 1 is 1.28 bits per heavy atom. The summed E-state index contributed by atoms with van der Waals surface area (Å²) in [6.45, 7) is 1.16. The standard InChI is InChI=1S/C12H18N2O3.ClH/c1-16-10-3-5-11(6-4-10)17-8-2-7-14-12(15)9-13;/h3-6H,2,7-9,13H2,1H3,(H,14,15);1H. The van der Waals surface area contributed by atoms with Gasteiger partial charge < -0.3 is 20.5 Å². The van der Waals surface area contributed by atoms with Crippen molar-refractivity contribution in [1.82, 2.24) is 5.32 Å². The van der Waals surface area contributed by atoms with Gasteiger partial charge in [-0.15, -0.1) is 12.4 Å². The summed E-state index contributed by atoms with van der Waals surface area (Å²) in [5.74, 6) is 1.44. The number of nitrogens with two attached hydrogens (primary N) is 1. The van der Waals surface area contributed by atoms with Crippen molar-refractivity contribution in [3.8, 4) is 11.5 Å². The van der Waals surface area contributed by atoms with Crippen LogP contribution in [-0.4, -0.2) is 32.7 Å². The van der Waals surface area contributed by atoms with E-state index in [4.69, 9.17) is 15.2 Å². The van der Waals surface area contributed by atoms with Crippen LogP contribution >= 0.6 is 12.4 Å². The lowest BCUT2D eigenvalue weighted by Gasteiger charge is -2.07. The van der Waals surface area contributed by atoms with E-state index in [9.17, 15) is 4.79 Å². The van der Waals surface area contributed by atoms with Crippen molar-refractivity contribution in [2.45, 2.75) is 6.42 Å². The van der Waals surface area contributed by atoms with E-state index in [0.717, 1.165) is 17.9 Å². The van der Waals surface area contributed by atoms with Gasteiger partial charge in [0.15, 0.2) is 0 Å². The number of carbonyl (C=O) groups is 1. The number of amides is 1. The van der Waals surface area contributed by atoms with Gasteiger partial charge in [-0.05, 0) is 30.7 Å². The molecule has 5 nitrogen and oxygen atoms in total. The summed E-state index contributed by atoms with van der Waals surface area (Å²) in [5, 5.41) is 2.67. The van der Waals surface area contributed by atoms with Gasteiger partial charge in [-0.3, -0.25) is 4.79 Å². The Morgan fingerprint density at radius 3 is 2.44 bits per heavy atom. The highest BCUT2D eigenvalue weighted by atomic mass is 35.5. The Hall–Kier alpha value is -1.46. The Balaban J connectivity index is 0.00000289. The van der Waals surface area contributed by atoms with Gasteiger partial charge in [-0.25, -0.2) is 0 Å². The first kappa shape index (κ1) is 16.5. The summed E-state index contributed by atoms with van der Waals surface area (Å²) in [6.07, 6.45) is 0.748. The van der Waals surface area contributed by atoms with Gasteiger partial charge in [0.1, 0.15) is 11.5 Å². The van der Waals surface area contributed by atoms with E-state index in [2.05, 4.69) is 5.32 Å². The van der Waals surface area contributed by atoms with E-state index >= 15 is 0 Å². The van der Waals surface area contributed by atoms with Crippen molar-refractivity contribution in [2.75, 3.05) is 26.8 Å². The summed E-state index contributed by atoms with van der Waals surface area (Å²) in [6, 6.07) is 7.37. The molecule has 0 aromatic heterocycles. The van der Waals surface area contributed by atoms with E-state index in [1.165, 1.54) is 0 Å². The molecule has 0 saturated heterocycles. The minimum Gasteiger partial charge on any atom is -0.497 e. The second kappa shape index (κ2) is 9.56. The van der Waals surface area contributed by atoms with Gasteiger partial charge in [0.05, 0.1) is 20.3 Å². The van der Waals surface area contributed by atoms with E-state index < -0.39 is 0 Å². The summed E-state index contributed by atoms with van der Waals surface area (Å²) in [7, 11) is 1.62. The maximum Gasteiger partial charge on any atom is 0.233 e. The van der Waals surface area contributed by atoms with Crippen LogP contribution in [-0.2, 0) is 4.79 Å². The van der Waals surface area contributed by atoms with E-state index in [0.29, 0.717) is 13.2 Å². The second-order valence-electron chi connectivity index (χ2n) is 3.43. The third-order valence-electron chi connectivity index (χ3n) is 2.16. The van der Waals surface area contributed by atoms with Crippen molar-refractivity contribution in [2.24, 2.45) is 5.73 Å². The number of nitrogens with one attached hydrogen (secondary N) is 1. The Kier molecular flexibility index (Phi) is 8.78. The molecule has 0 radical (unpaired) electrons. The minimum atomic E-state index is -0.144. The summed E-state index contributed by atoms with van der Waals surface area (Å²) < 4.78 is 10.5. The fourth-order valence-corrected chi connectivity index (χ4v) is 1.23. The van der Waals surface area contributed by atoms with Crippen LogP contribution in [0.25, 0.3) is 0 Å². The summed E-state index contributed by atoms with van der Waals surface area (Å²) >= 11 is 0. The Bertz CT molecular complexity index is 344. The molecule has 0 aliphatic carbocycles. The van der Waals surface area contributed by atoms with Crippen LogP contribution in [0.15, 0.2) is 24.3 Å². The average molecular weight is 275 g/mol. The van der Waals surface area contributed by atoms with E-state index in [1.807, 2.05) is 24.3 Å². The number of hydrogen-bond acceptors (Lipinski definition) is 4. The largest absolute Gasteiger partial charge is 0.497 e. The van der Waals surface area contributed by atoms with Gasteiger partial charge in [-0.1, -0.05) is 0 Å². The van der Waals surface area contributed by atoms with Crippen molar-refractivity contribution < 1.29 is 14.3 Å². The molecule has 1 aromatic carbocycles. The van der Waals surface area contributed by atoms with Crippen LogP contribution in [0.4, 0.5) is 0 Å². The van der Waals surface area contributed by atoms with Crippen LogP contribution in [0.1, 0.15) is 6.42 Å². The molecule has 1 rings (SSSR count). The molecule has 0 spiro atoms. The molecule has 1 amide bonds. The molecule has 0 atom stereocenters. The molecule has 6 heteroatoms. The number of methoxy groups -OCH3 is 1. The van der Waals surface area contributed by atoms with E-state index in [-0.39, 0.29) is 24.9 Å². The van der Waals surface area contributed by atoms with Crippen molar-refractivity contribution in [3.05, 3.63) is 24.3 Å². The first-order valence-electron chi connectivity index (χ1n) is 5.50. The lowest BCUT2D eigenvalue weighted by atomic mass is 10.3. The molecular formula is C12H19ClN2O3. The maximum atomic E-state index is 10.8. The molecule has 0 aliphatic rings. The summed E-state index contributed by atoms with van der Waals surface area (Å²) in [4.78, 5) is 10.8. The Morgan fingerprint density at radius 2 is 1.89 bits per heavy atom. The molecule has 102 valence electrons. The topological polar surface area (TPSA) is 73.6 Å². The number of halogens is 1. The lowest BCUT2D eigenvalue weighted by molar-refractivity contribution is -0.119. The molecule has 0 heterocycles. The smallest absolute Gasteiger partial charge is 0.233 e. The van der Waals surface area contributed by atoms with Gasteiger partial charge in [-0.2, -0.15) is 0 Å². The lowest BCUT2D eigenvalue weighted by Crippen LogP contribution is -2.31. The van der Waals surface area contributed by atoms with Crippen LogP contribution < -0.4 is 20.5 Å². The van der Waals surface area contributed by atoms with Crippen LogP contribution in [0.2, 0.25) is 0 Å². The van der Waals surface area contributed by atoms with Gasteiger partial charge in [0.2, 0.25) is 5.91 Å². The molecule has 1 aromatic rings. The normalized spacial score (nSPS) is 9.22. The molecule has 0 fully saturated rings. The highest BCUT2D eigenvalue weighted by molar-refractivity contribution is 5.85. The second-order valence-corrected chi connectivity index (χ2v) is 3.43. The third kappa shape index (κ3) is 6.32. The molecule has 0 bridgehead atoms. The molecule has 18 heavy (non-hydrogen) atoms. The van der Waals surface area contributed by atoms with Crippen LogP contribution in [0.5, 0.6) is 11.5 Å². The summed E-state index contributed by atoms with van der Waals surface area (Å²) in [5.41, 5.74) is 5.15. The number of rotatable bonds is 7. The molecular weight excluding hydrogens is 256 g/mol. The number of hydrogen-bond donors (Lipinski definition) is 2. The van der Waals surface area contributed by atoms with Crippen molar-refractivity contribution in [1.29, 1.82) is 0 Å². The zero-order valence-corrected chi connectivity index (χ0v) is 11.2. The van der Waals surface area contributed by atoms with E-state index in [1.54, 1.807) is 7.11 Å². The third-order valence-corrected chi connectivity index (χ3v) is 2.16. The van der Waals surface area contributed by atoms with Gasteiger partial charge in [0, 0.05) is 6.54 Å². The Labute approximate surface area is 113 Å². The fraction of sp³-hybridized carbons (Fsp3) is 0.417. The highest BCUT2D eigenvalue weighted by Crippen LogP contribution is 2.16. The number of benzene rings is 1. The first-order valence-corrected chi connectivity index (χ1v) is 5.50. The average Bonchev–Trinajstić information content (AvgIpc) is 2.38. The van der Waals surface area contributed by atoms with Crippen molar-refractivity contribution >= 4 is 18.3 Å². The first-order chi connectivity index (χ1) is 8.26. The monoisotopic (exact) mass is 274 g/mol. The highest BCUT2D eigenvalue weighted by Gasteiger charge is 1.97. The zero-order valence-electron chi connectivity index (χ0n) is 10.3. The molecule has 3 N–H and O–H groups in total. The number of carbonyl (C=O) groups excluding carboxylic acids is 1. The molecule has 0 aliphatic heterocycles. The predicted molar refractivity (Wildman–Crippen MR) is 72.4 cm³/mol. The quantitative estimate of drug-likeness (QED) is 0.727. The van der Waals surface area contributed by atoms with Gasteiger partial charge in [0.25, 0.3) is 0 Å². The molecule has 0 saturated carbocycles. The van der Waals surface area contributed by atoms with Gasteiger partial charge >= 0.3 is 0 Å². The van der Waals surface area contributed by atoms with Crippen LogP contribution in [0.3, 0.4) is 0 Å². The zero-order chi connectivity index (χ0) is 12.5. The minimum absolute atomic E-state index is 0. The fourth-order valence-electron chi connectivity index (χ4n) is 1.23. The predicted octanol–water partition coefficient (Wildman–Crippen LogP) is 0.961. The van der Waals surface area contributed by atoms with Crippen LogP contribution in [0, 0.1) is 0 Å². The number of ether oxygens (including phenoxy) is 2.